The SMILES string of the molecule is CN=C(NCCCOC1CCCC1)NCc1cc(F)ccc1CS(C)(=O)=O.I. The van der Waals surface area contributed by atoms with Gasteiger partial charge in [-0.1, -0.05) is 18.9 Å². The summed E-state index contributed by atoms with van der Waals surface area (Å²) in [5.41, 5.74) is 1.19. The highest BCUT2D eigenvalue weighted by Crippen LogP contribution is 2.20. The van der Waals surface area contributed by atoms with Crippen molar-refractivity contribution >= 4 is 39.8 Å². The molecule has 0 unspecified atom stereocenters. The van der Waals surface area contributed by atoms with E-state index < -0.39 is 15.7 Å². The number of guanidine groups is 1. The fourth-order valence-corrected chi connectivity index (χ4v) is 4.01. The summed E-state index contributed by atoms with van der Waals surface area (Å²) in [5.74, 6) is 0.0796. The zero-order valence-corrected chi connectivity index (χ0v) is 19.7. The number of hydrogen-bond acceptors (Lipinski definition) is 4. The van der Waals surface area contributed by atoms with E-state index >= 15 is 0 Å². The summed E-state index contributed by atoms with van der Waals surface area (Å²) in [7, 11) is -1.53. The molecule has 28 heavy (non-hydrogen) atoms. The van der Waals surface area contributed by atoms with E-state index in [2.05, 4.69) is 15.6 Å². The summed E-state index contributed by atoms with van der Waals surface area (Å²) in [5, 5.41) is 6.30. The molecule has 0 spiro atoms. The zero-order chi connectivity index (χ0) is 19.7. The molecule has 1 aliphatic rings. The van der Waals surface area contributed by atoms with E-state index in [1.807, 2.05) is 0 Å². The van der Waals surface area contributed by atoms with Gasteiger partial charge < -0.3 is 15.4 Å². The van der Waals surface area contributed by atoms with Gasteiger partial charge in [-0.2, -0.15) is 0 Å². The highest BCUT2D eigenvalue weighted by Gasteiger charge is 2.14. The second-order valence-corrected chi connectivity index (χ2v) is 9.11. The summed E-state index contributed by atoms with van der Waals surface area (Å²) in [4.78, 5) is 4.15. The molecule has 0 heterocycles. The van der Waals surface area contributed by atoms with Crippen molar-refractivity contribution in [3.05, 3.63) is 35.1 Å². The maximum atomic E-state index is 13.6. The van der Waals surface area contributed by atoms with Crippen LogP contribution < -0.4 is 10.6 Å². The highest BCUT2D eigenvalue weighted by atomic mass is 127. The predicted octanol–water partition coefficient (Wildman–Crippen LogP) is 3.00. The molecule has 0 aromatic heterocycles. The normalized spacial score (nSPS) is 15.3. The number of nitrogens with one attached hydrogen (secondary N) is 2. The molecular weight excluding hydrogens is 496 g/mol. The Balaban J connectivity index is 0.00000392. The molecule has 9 heteroatoms. The first-order valence-corrected chi connectivity index (χ1v) is 11.4. The molecule has 160 valence electrons. The minimum absolute atomic E-state index is 0. The van der Waals surface area contributed by atoms with E-state index in [0.29, 0.717) is 36.3 Å². The Hall–Kier alpha value is -0.940. The van der Waals surface area contributed by atoms with E-state index in [-0.39, 0.29) is 29.7 Å². The number of ether oxygens (including phenoxy) is 1. The quantitative estimate of drug-likeness (QED) is 0.224. The molecule has 1 aliphatic carbocycles. The van der Waals surface area contributed by atoms with Crippen molar-refractivity contribution in [1.29, 1.82) is 0 Å². The van der Waals surface area contributed by atoms with Gasteiger partial charge in [-0.3, -0.25) is 4.99 Å². The van der Waals surface area contributed by atoms with Crippen molar-refractivity contribution < 1.29 is 17.5 Å². The maximum Gasteiger partial charge on any atom is 0.191 e. The van der Waals surface area contributed by atoms with Crippen molar-refractivity contribution in [2.75, 3.05) is 26.5 Å². The van der Waals surface area contributed by atoms with Gasteiger partial charge in [0.05, 0.1) is 11.9 Å². The lowest BCUT2D eigenvalue weighted by Crippen LogP contribution is -2.37. The lowest BCUT2D eigenvalue weighted by molar-refractivity contribution is 0.0574. The van der Waals surface area contributed by atoms with E-state index in [4.69, 9.17) is 4.74 Å². The van der Waals surface area contributed by atoms with Crippen molar-refractivity contribution in [3.63, 3.8) is 0 Å². The van der Waals surface area contributed by atoms with Crippen LogP contribution in [0.15, 0.2) is 23.2 Å². The molecule has 2 rings (SSSR count). The number of hydrogen-bond donors (Lipinski definition) is 2. The first-order chi connectivity index (χ1) is 12.9. The third-order valence-corrected chi connectivity index (χ3v) is 5.36. The minimum atomic E-state index is -3.19. The van der Waals surface area contributed by atoms with Gasteiger partial charge >= 0.3 is 0 Å². The molecular formula is C19H31FIN3O3S. The Morgan fingerprint density at radius 2 is 1.96 bits per heavy atom. The molecule has 1 saturated carbocycles. The van der Waals surface area contributed by atoms with Crippen molar-refractivity contribution in [1.82, 2.24) is 10.6 Å². The molecule has 1 fully saturated rings. The lowest BCUT2D eigenvalue weighted by Gasteiger charge is -2.15. The third-order valence-electron chi connectivity index (χ3n) is 4.53. The maximum absolute atomic E-state index is 13.6. The summed E-state index contributed by atoms with van der Waals surface area (Å²) >= 11 is 0. The van der Waals surface area contributed by atoms with E-state index in [1.54, 1.807) is 7.05 Å². The Kier molecular flexibility index (Phi) is 11.3. The number of nitrogens with zero attached hydrogens (tertiary/aromatic N) is 1. The largest absolute Gasteiger partial charge is 0.378 e. The van der Waals surface area contributed by atoms with Crippen molar-refractivity contribution in [3.8, 4) is 0 Å². The summed E-state index contributed by atoms with van der Waals surface area (Å²) in [6, 6.07) is 4.15. The average Bonchev–Trinajstić information content (AvgIpc) is 3.11. The van der Waals surface area contributed by atoms with Crippen LogP contribution in [0.1, 0.15) is 43.2 Å². The molecule has 0 amide bonds. The predicted molar refractivity (Wildman–Crippen MR) is 121 cm³/mol. The fraction of sp³-hybridized carbons (Fsp3) is 0.632. The summed E-state index contributed by atoms with van der Waals surface area (Å²) in [6.07, 6.45) is 7.32. The average molecular weight is 527 g/mol. The molecule has 0 bridgehead atoms. The third kappa shape index (κ3) is 9.51. The smallest absolute Gasteiger partial charge is 0.191 e. The fourth-order valence-electron chi connectivity index (χ4n) is 3.17. The number of benzene rings is 1. The molecule has 0 aliphatic heterocycles. The topological polar surface area (TPSA) is 79.8 Å². The highest BCUT2D eigenvalue weighted by molar-refractivity contribution is 14.0. The van der Waals surface area contributed by atoms with Crippen molar-refractivity contribution in [2.45, 2.75) is 50.5 Å². The van der Waals surface area contributed by atoms with Crippen LogP contribution in [0.2, 0.25) is 0 Å². The minimum Gasteiger partial charge on any atom is -0.378 e. The van der Waals surface area contributed by atoms with Gasteiger partial charge in [0.15, 0.2) is 15.8 Å². The second kappa shape index (κ2) is 12.6. The van der Waals surface area contributed by atoms with Crippen LogP contribution >= 0.6 is 24.0 Å². The van der Waals surface area contributed by atoms with Gasteiger partial charge in [-0.25, -0.2) is 12.8 Å². The van der Waals surface area contributed by atoms with Gasteiger partial charge in [0.1, 0.15) is 5.82 Å². The lowest BCUT2D eigenvalue weighted by atomic mass is 10.1. The Morgan fingerprint density at radius 3 is 2.61 bits per heavy atom. The van der Waals surface area contributed by atoms with Crippen LogP contribution in [0.4, 0.5) is 4.39 Å². The molecule has 1 aromatic carbocycles. The van der Waals surface area contributed by atoms with E-state index in [0.717, 1.165) is 13.0 Å². The van der Waals surface area contributed by atoms with Gasteiger partial charge in [-0.05, 0) is 42.5 Å². The van der Waals surface area contributed by atoms with Crippen LogP contribution in [0.5, 0.6) is 0 Å². The molecule has 6 nitrogen and oxygen atoms in total. The molecule has 0 radical (unpaired) electrons. The van der Waals surface area contributed by atoms with Gasteiger partial charge in [0.25, 0.3) is 0 Å². The van der Waals surface area contributed by atoms with Gasteiger partial charge in [0.2, 0.25) is 0 Å². The van der Waals surface area contributed by atoms with Crippen molar-refractivity contribution in [2.24, 2.45) is 4.99 Å². The molecule has 2 N–H and O–H groups in total. The second-order valence-electron chi connectivity index (χ2n) is 6.97. The summed E-state index contributed by atoms with van der Waals surface area (Å²) in [6.45, 7) is 1.73. The first-order valence-electron chi connectivity index (χ1n) is 9.38. The van der Waals surface area contributed by atoms with E-state index in [9.17, 15) is 12.8 Å². The molecule has 1 aromatic rings. The Morgan fingerprint density at radius 1 is 1.25 bits per heavy atom. The molecule has 0 saturated heterocycles. The van der Waals surface area contributed by atoms with Crippen LogP contribution in [-0.2, 0) is 26.9 Å². The summed E-state index contributed by atoms with van der Waals surface area (Å²) < 4.78 is 42.5. The Bertz CT molecular complexity index is 738. The van der Waals surface area contributed by atoms with Crippen LogP contribution in [0.25, 0.3) is 0 Å². The monoisotopic (exact) mass is 527 g/mol. The number of aliphatic imine (C=N–C) groups is 1. The number of halogens is 2. The van der Waals surface area contributed by atoms with E-state index in [1.165, 1.54) is 50.1 Å². The van der Waals surface area contributed by atoms with Gasteiger partial charge in [0, 0.05) is 33.0 Å². The van der Waals surface area contributed by atoms with Crippen LogP contribution in [0.3, 0.4) is 0 Å². The number of sulfone groups is 1. The first kappa shape index (κ1) is 25.1. The van der Waals surface area contributed by atoms with Gasteiger partial charge in [-0.15, -0.1) is 24.0 Å². The molecule has 0 atom stereocenters. The van der Waals surface area contributed by atoms with Crippen LogP contribution in [-0.4, -0.2) is 46.9 Å². The zero-order valence-electron chi connectivity index (χ0n) is 16.5. The number of rotatable bonds is 9. The van der Waals surface area contributed by atoms with Crippen LogP contribution in [0, 0.1) is 5.82 Å². The standard InChI is InChI=1S/C19H30FN3O3S.HI/c1-21-19(22-10-5-11-26-18-6-3-4-7-18)23-13-16-12-17(20)9-8-15(16)14-27(2,24)25;/h8-9,12,18H,3-7,10-11,13-14H2,1-2H3,(H2,21,22,23);1H. The Labute approximate surface area is 184 Å².